The zero-order valence-electron chi connectivity index (χ0n) is 13.5. The molecule has 1 aromatic carbocycles. The predicted molar refractivity (Wildman–Crippen MR) is 88.8 cm³/mol. The van der Waals surface area contributed by atoms with Crippen LogP contribution in [0.2, 0.25) is 0 Å². The minimum atomic E-state index is -3.50. The third-order valence-electron chi connectivity index (χ3n) is 4.65. The van der Waals surface area contributed by atoms with Gasteiger partial charge in [0.25, 0.3) is 5.91 Å². The van der Waals surface area contributed by atoms with Crippen LogP contribution in [0.15, 0.2) is 23.1 Å². The summed E-state index contributed by atoms with van der Waals surface area (Å²) in [6.45, 7) is 3.66. The molecule has 1 heterocycles. The first kappa shape index (κ1) is 16.5. The molecule has 1 aliphatic carbocycles. The van der Waals surface area contributed by atoms with Gasteiger partial charge in [-0.1, -0.05) is 12.5 Å². The third-order valence-corrected chi connectivity index (χ3v) is 6.55. The maximum absolute atomic E-state index is 12.7. The van der Waals surface area contributed by atoms with Crippen molar-refractivity contribution in [1.82, 2.24) is 9.62 Å². The highest BCUT2D eigenvalue weighted by Crippen LogP contribution is 2.28. The summed E-state index contributed by atoms with van der Waals surface area (Å²) in [6, 6.07) is 4.86. The average Bonchev–Trinajstić information content (AvgIpc) is 3.38. The lowest BCUT2D eigenvalue weighted by atomic mass is 10.1. The van der Waals surface area contributed by atoms with Crippen molar-refractivity contribution in [3.05, 3.63) is 29.3 Å². The van der Waals surface area contributed by atoms with Gasteiger partial charge < -0.3 is 5.32 Å². The Kier molecular flexibility index (Phi) is 4.73. The Morgan fingerprint density at radius 1 is 1.22 bits per heavy atom. The van der Waals surface area contributed by atoms with Crippen LogP contribution in [0.25, 0.3) is 0 Å². The maximum Gasteiger partial charge on any atom is 0.251 e. The largest absolute Gasteiger partial charge is 0.352 e. The van der Waals surface area contributed by atoms with E-state index in [4.69, 9.17) is 0 Å². The molecule has 1 aromatic rings. The molecule has 0 aromatic heterocycles. The van der Waals surface area contributed by atoms with Gasteiger partial charge in [0.2, 0.25) is 10.0 Å². The van der Waals surface area contributed by atoms with E-state index in [0.717, 1.165) is 24.8 Å². The van der Waals surface area contributed by atoms with E-state index in [-0.39, 0.29) is 10.8 Å². The van der Waals surface area contributed by atoms with Gasteiger partial charge in [-0.2, -0.15) is 4.31 Å². The predicted octanol–water partition coefficient (Wildman–Crippen LogP) is 2.31. The fourth-order valence-corrected chi connectivity index (χ4v) is 4.46. The first-order chi connectivity index (χ1) is 11.0. The Morgan fingerprint density at radius 3 is 2.57 bits per heavy atom. The van der Waals surface area contributed by atoms with Crippen LogP contribution < -0.4 is 5.32 Å². The number of nitrogens with one attached hydrogen (secondary N) is 1. The van der Waals surface area contributed by atoms with Gasteiger partial charge in [-0.3, -0.25) is 4.79 Å². The van der Waals surface area contributed by atoms with Crippen molar-refractivity contribution in [3.63, 3.8) is 0 Å². The topological polar surface area (TPSA) is 66.5 Å². The van der Waals surface area contributed by atoms with Crippen LogP contribution in [0.5, 0.6) is 0 Å². The lowest BCUT2D eigenvalue weighted by Gasteiger charge is -2.26. The molecule has 23 heavy (non-hydrogen) atoms. The molecule has 1 aliphatic heterocycles. The molecule has 1 saturated carbocycles. The summed E-state index contributed by atoms with van der Waals surface area (Å²) in [6.07, 6.45) is 5.22. The molecule has 1 N–H and O–H groups in total. The molecule has 0 radical (unpaired) electrons. The van der Waals surface area contributed by atoms with Gasteiger partial charge in [0.15, 0.2) is 0 Å². The van der Waals surface area contributed by atoms with E-state index in [9.17, 15) is 13.2 Å². The summed E-state index contributed by atoms with van der Waals surface area (Å²) in [5.74, 6) is 0.421. The molecule has 0 spiro atoms. The minimum absolute atomic E-state index is 0.176. The highest BCUT2D eigenvalue weighted by atomic mass is 32.2. The first-order valence-electron chi connectivity index (χ1n) is 8.37. The second-order valence-corrected chi connectivity index (χ2v) is 8.53. The molecule has 0 atom stereocenters. The lowest BCUT2D eigenvalue weighted by molar-refractivity contribution is 0.0951. The van der Waals surface area contributed by atoms with Gasteiger partial charge in [0.1, 0.15) is 0 Å². The maximum atomic E-state index is 12.7. The second-order valence-electron chi connectivity index (χ2n) is 6.59. The van der Waals surface area contributed by atoms with Gasteiger partial charge >= 0.3 is 0 Å². The summed E-state index contributed by atoms with van der Waals surface area (Å²) >= 11 is 0. The highest BCUT2D eigenvalue weighted by molar-refractivity contribution is 7.89. The highest BCUT2D eigenvalue weighted by Gasteiger charge is 2.27. The number of rotatable bonds is 5. The number of amides is 1. The molecule has 2 aliphatic rings. The normalized spacial score (nSPS) is 19.5. The molecular formula is C17H24N2O3S. The summed E-state index contributed by atoms with van der Waals surface area (Å²) in [5, 5.41) is 2.91. The van der Waals surface area contributed by atoms with E-state index >= 15 is 0 Å². The minimum Gasteiger partial charge on any atom is -0.352 e. The summed E-state index contributed by atoms with van der Waals surface area (Å²) < 4.78 is 27.0. The number of benzene rings is 1. The van der Waals surface area contributed by atoms with E-state index in [1.54, 1.807) is 12.1 Å². The van der Waals surface area contributed by atoms with Crippen molar-refractivity contribution < 1.29 is 13.2 Å². The molecule has 0 unspecified atom stereocenters. The molecule has 6 heteroatoms. The molecule has 1 amide bonds. The van der Waals surface area contributed by atoms with Crippen LogP contribution in [0.3, 0.4) is 0 Å². The number of carbonyl (C=O) groups is 1. The van der Waals surface area contributed by atoms with Crippen LogP contribution >= 0.6 is 0 Å². The Balaban J connectivity index is 1.82. The SMILES string of the molecule is Cc1ccc(S(=O)(=O)N2CCCCC2)cc1C(=O)NCC1CC1. The fourth-order valence-electron chi connectivity index (χ4n) is 2.91. The first-order valence-corrected chi connectivity index (χ1v) is 9.81. The van der Waals surface area contributed by atoms with Crippen LogP contribution in [0.4, 0.5) is 0 Å². The second kappa shape index (κ2) is 6.61. The molecule has 126 valence electrons. The number of nitrogens with zero attached hydrogens (tertiary/aromatic N) is 1. The Morgan fingerprint density at radius 2 is 1.91 bits per heavy atom. The molecule has 5 nitrogen and oxygen atoms in total. The van der Waals surface area contributed by atoms with E-state index in [1.807, 2.05) is 6.92 Å². The zero-order valence-corrected chi connectivity index (χ0v) is 14.4. The van der Waals surface area contributed by atoms with Gasteiger partial charge in [-0.05, 0) is 56.2 Å². The van der Waals surface area contributed by atoms with Crippen molar-refractivity contribution in [1.29, 1.82) is 0 Å². The van der Waals surface area contributed by atoms with E-state index in [2.05, 4.69) is 5.32 Å². The smallest absolute Gasteiger partial charge is 0.251 e. The number of hydrogen-bond acceptors (Lipinski definition) is 3. The van der Waals surface area contributed by atoms with Crippen molar-refractivity contribution in [2.75, 3.05) is 19.6 Å². The molecule has 2 fully saturated rings. The van der Waals surface area contributed by atoms with Crippen LogP contribution in [-0.2, 0) is 10.0 Å². The van der Waals surface area contributed by atoms with Crippen LogP contribution in [0, 0.1) is 12.8 Å². The summed E-state index contributed by atoms with van der Waals surface area (Å²) in [5.41, 5.74) is 1.26. The van der Waals surface area contributed by atoms with Gasteiger partial charge in [-0.25, -0.2) is 8.42 Å². The van der Waals surface area contributed by atoms with E-state index < -0.39 is 10.0 Å². The van der Waals surface area contributed by atoms with Gasteiger partial charge in [-0.15, -0.1) is 0 Å². The van der Waals surface area contributed by atoms with Crippen molar-refractivity contribution in [3.8, 4) is 0 Å². The van der Waals surface area contributed by atoms with Crippen molar-refractivity contribution >= 4 is 15.9 Å². The molecule has 1 saturated heterocycles. The Labute approximate surface area is 138 Å². The van der Waals surface area contributed by atoms with Gasteiger partial charge in [0.05, 0.1) is 4.90 Å². The number of aryl methyl sites for hydroxylation is 1. The van der Waals surface area contributed by atoms with Gasteiger partial charge in [0, 0.05) is 25.2 Å². The Bertz CT molecular complexity index is 690. The van der Waals surface area contributed by atoms with Crippen LogP contribution in [0.1, 0.15) is 48.0 Å². The number of piperidine rings is 1. The third kappa shape index (κ3) is 3.75. The van der Waals surface area contributed by atoms with Crippen molar-refractivity contribution in [2.24, 2.45) is 5.92 Å². The quantitative estimate of drug-likeness (QED) is 0.897. The number of sulfonamides is 1. The number of hydrogen-bond donors (Lipinski definition) is 1. The molecule has 0 bridgehead atoms. The standard InChI is InChI=1S/C17H24N2O3S/c1-13-5-8-15(23(21,22)19-9-3-2-4-10-19)11-16(13)17(20)18-12-14-6-7-14/h5,8,11,14H,2-4,6-7,9-10,12H2,1H3,(H,18,20). The van der Waals surface area contributed by atoms with Crippen molar-refractivity contribution in [2.45, 2.75) is 43.9 Å². The van der Waals surface area contributed by atoms with E-state index in [0.29, 0.717) is 31.1 Å². The summed E-state index contributed by atoms with van der Waals surface area (Å²) in [7, 11) is -3.50. The zero-order chi connectivity index (χ0) is 16.4. The monoisotopic (exact) mass is 336 g/mol. The molecule has 3 rings (SSSR count). The van der Waals surface area contributed by atoms with E-state index in [1.165, 1.54) is 23.2 Å². The van der Waals surface area contributed by atoms with Crippen LogP contribution in [-0.4, -0.2) is 38.3 Å². The average molecular weight is 336 g/mol. The fraction of sp³-hybridized carbons (Fsp3) is 0.588. The Hall–Kier alpha value is -1.40. The molecular weight excluding hydrogens is 312 g/mol. The number of carbonyl (C=O) groups excluding carboxylic acids is 1. The summed E-state index contributed by atoms with van der Waals surface area (Å²) in [4.78, 5) is 12.6. The lowest BCUT2D eigenvalue weighted by Crippen LogP contribution is -2.35.